The van der Waals surface area contributed by atoms with Crippen molar-refractivity contribution in [2.45, 2.75) is 0 Å². The van der Waals surface area contributed by atoms with E-state index in [1.807, 2.05) is 12.1 Å². The van der Waals surface area contributed by atoms with Gasteiger partial charge in [0.15, 0.2) is 0 Å². The molecule has 0 spiro atoms. The highest BCUT2D eigenvalue weighted by Crippen LogP contribution is 2.18. The number of hydrogen-bond acceptors (Lipinski definition) is 6. The fraction of sp³-hybridized carbons (Fsp3) is 0.312. The predicted molar refractivity (Wildman–Crippen MR) is 98.7 cm³/mol. The third-order valence-electron chi connectivity index (χ3n) is 4.04. The Balaban J connectivity index is 1.97. The molecule has 0 unspecified atom stereocenters. The summed E-state index contributed by atoms with van der Waals surface area (Å²) in [5, 5.41) is 16.6. The monoisotopic (exact) mass is 407 g/mol. The summed E-state index contributed by atoms with van der Waals surface area (Å²) in [6.07, 6.45) is 1.30. The van der Waals surface area contributed by atoms with Gasteiger partial charge in [0.1, 0.15) is 5.56 Å². The van der Waals surface area contributed by atoms with E-state index < -0.39 is 17.1 Å². The molecule has 8 nitrogen and oxygen atoms in total. The number of piperazine rings is 1. The van der Waals surface area contributed by atoms with E-state index in [4.69, 9.17) is 0 Å². The molecule has 1 aromatic heterocycles. The molecular formula is C16H18BrN5O3. The van der Waals surface area contributed by atoms with Crippen LogP contribution in [0.2, 0.25) is 0 Å². The van der Waals surface area contributed by atoms with Crippen LogP contribution in [0.5, 0.6) is 5.88 Å². The molecule has 0 radical (unpaired) electrons. The molecule has 1 aliphatic rings. The van der Waals surface area contributed by atoms with E-state index in [2.05, 4.69) is 30.9 Å². The summed E-state index contributed by atoms with van der Waals surface area (Å²) in [4.78, 5) is 28.6. The number of halogens is 1. The number of likely N-dealkylation sites (N-methyl/N-ethyl adjacent to an activating group) is 1. The van der Waals surface area contributed by atoms with Crippen molar-refractivity contribution in [2.24, 2.45) is 5.10 Å². The first-order chi connectivity index (χ1) is 12.0. The molecule has 1 aliphatic heterocycles. The zero-order chi connectivity index (χ0) is 18.0. The van der Waals surface area contributed by atoms with Crippen LogP contribution >= 0.6 is 15.9 Å². The van der Waals surface area contributed by atoms with Crippen molar-refractivity contribution in [3.8, 4) is 11.6 Å². The predicted octanol–water partition coefficient (Wildman–Crippen LogP) is 0.575. The number of aromatic hydroxyl groups is 1. The third kappa shape index (κ3) is 3.83. The Morgan fingerprint density at radius 1 is 1.16 bits per heavy atom. The van der Waals surface area contributed by atoms with Crippen LogP contribution in [0.1, 0.15) is 5.56 Å². The highest BCUT2D eigenvalue weighted by atomic mass is 79.9. The highest BCUT2D eigenvalue weighted by Gasteiger charge is 2.16. The molecule has 9 heteroatoms. The largest absolute Gasteiger partial charge is 0.493 e. The van der Waals surface area contributed by atoms with E-state index >= 15 is 0 Å². The Morgan fingerprint density at radius 2 is 1.80 bits per heavy atom. The van der Waals surface area contributed by atoms with Gasteiger partial charge in [-0.1, -0.05) is 15.9 Å². The number of nitrogens with zero attached hydrogens (tertiary/aromatic N) is 4. The van der Waals surface area contributed by atoms with Crippen LogP contribution in [0.25, 0.3) is 5.69 Å². The smallest absolute Gasteiger partial charge is 0.335 e. The van der Waals surface area contributed by atoms with Crippen molar-refractivity contribution in [1.82, 2.24) is 19.5 Å². The molecule has 2 N–H and O–H groups in total. The van der Waals surface area contributed by atoms with Crippen molar-refractivity contribution in [3.05, 3.63) is 55.1 Å². The fourth-order valence-electron chi connectivity index (χ4n) is 2.54. The SMILES string of the molecule is CN1CCN(N=Cc2c(O)n(-c3ccc(Br)cc3)c(=O)[nH]c2=O)CC1. The van der Waals surface area contributed by atoms with E-state index in [1.165, 1.54) is 6.21 Å². The number of H-pyrrole nitrogens is 1. The number of nitrogens with one attached hydrogen (secondary N) is 1. The van der Waals surface area contributed by atoms with Crippen LogP contribution in [-0.4, -0.2) is 64.0 Å². The first kappa shape index (κ1) is 17.4. The Hall–Kier alpha value is -2.39. The second-order valence-electron chi connectivity index (χ2n) is 5.81. The van der Waals surface area contributed by atoms with Gasteiger partial charge in [-0.3, -0.25) is 14.8 Å². The lowest BCUT2D eigenvalue weighted by Crippen LogP contribution is -2.42. The van der Waals surface area contributed by atoms with Crippen LogP contribution < -0.4 is 11.2 Å². The Kier molecular flexibility index (Phi) is 5.05. The summed E-state index contributed by atoms with van der Waals surface area (Å²) in [5.41, 5.74) is -0.993. The molecule has 1 fully saturated rings. The van der Waals surface area contributed by atoms with E-state index in [9.17, 15) is 14.7 Å². The highest BCUT2D eigenvalue weighted by molar-refractivity contribution is 9.10. The van der Waals surface area contributed by atoms with Gasteiger partial charge in [0.05, 0.1) is 11.9 Å². The van der Waals surface area contributed by atoms with Crippen LogP contribution in [0.15, 0.2) is 43.4 Å². The molecule has 0 atom stereocenters. The number of rotatable bonds is 3. The molecule has 132 valence electrons. The average molecular weight is 408 g/mol. The summed E-state index contributed by atoms with van der Waals surface area (Å²) in [7, 11) is 2.03. The summed E-state index contributed by atoms with van der Waals surface area (Å²) in [6, 6.07) is 6.80. The Bertz CT molecular complexity index is 895. The third-order valence-corrected chi connectivity index (χ3v) is 4.56. The molecule has 3 rings (SSSR count). The summed E-state index contributed by atoms with van der Waals surface area (Å²) in [5.74, 6) is -0.436. The van der Waals surface area contributed by atoms with Crippen molar-refractivity contribution in [1.29, 1.82) is 0 Å². The summed E-state index contributed by atoms with van der Waals surface area (Å²) in [6.45, 7) is 3.21. The maximum absolute atomic E-state index is 12.1. The number of hydrazone groups is 1. The Morgan fingerprint density at radius 3 is 2.44 bits per heavy atom. The number of aromatic nitrogens is 2. The van der Waals surface area contributed by atoms with Crippen LogP contribution in [0, 0.1) is 0 Å². The fourth-order valence-corrected chi connectivity index (χ4v) is 2.80. The summed E-state index contributed by atoms with van der Waals surface area (Å²) < 4.78 is 1.88. The molecule has 0 amide bonds. The lowest BCUT2D eigenvalue weighted by Gasteiger charge is -2.30. The molecule has 0 saturated carbocycles. The van der Waals surface area contributed by atoms with Crippen molar-refractivity contribution in [2.75, 3.05) is 33.2 Å². The second-order valence-corrected chi connectivity index (χ2v) is 6.73. The van der Waals surface area contributed by atoms with Crippen molar-refractivity contribution < 1.29 is 5.11 Å². The molecule has 0 bridgehead atoms. The van der Waals surface area contributed by atoms with E-state index in [0.717, 1.165) is 35.2 Å². The van der Waals surface area contributed by atoms with E-state index in [1.54, 1.807) is 24.3 Å². The van der Waals surface area contributed by atoms with Crippen molar-refractivity contribution in [3.63, 3.8) is 0 Å². The van der Waals surface area contributed by atoms with Crippen LogP contribution in [-0.2, 0) is 0 Å². The lowest BCUT2D eigenvalue weighted by atomic mass is 10.3. The maximum Gasteiger partial charge on any atom is 0.335 e. The van der Waals surface area contributed by atoms with Gasteiger partial charge in [0.2, 0.25) is 5.88 Å². The molecule has 2 heterocycles. The van der Waals surface area contributed by atoms with Gasteiger partial charge in [-0.05, 0) is 31.3 Å². The molecule has 1 aromatic carbocycles. The number of hydrogen-bond donors (Lipinski definition) is 2. The number of aromatic amines is 1. The summed E-state index contributed by atoms with van der Waals surface area (Å²) >= 11 is 3.32. The zero-order valence-electron chi connectivity index (χ0n) is 13.6. The van der Waals surface area contributed by atoms with Gasteiger partial charge in [-0.25, -0.2) is 9.36 Å². The van der Waals surface area contributed by atoms with E-state index in [0.29, 0.717) is 5.69 Å². The first-order valence-corrected chi connectivity index (χ1v) is 8.57. The topological polar surface area (TPSA) is 93.9 Å². The quantitative estimate of drug-likeness (QED) is 0.725. The van der Waals surface area contributed by atoms with E-state index in [-0.39, 0.29) is 5.56 Å². The van der Waals surface area contributed by atoms with Crippen LogP contribution in [0.3, 0.4) is 0 Å². The minimum absolute atomic E-state index is 0.0542. The van der Waals surface area contributed by atoms with Gasteiger partial charge in [-0.2, -0.15) is 5.10 Å². The standard InChI is InChI=1S/C16H18BrN5O3/c1-20-6-8-21(9-7-20)18-10-13-14(23)19-16(25)22(15(13)24)12-4-2-11(17)3-5-12/h2-5,10,24H,6-9H2,1H3,(H,19,23,25). The average Bonchev–Trinajstić information content (AvgIpc) is 2.57. The van der Waals surface area contributed by atoms with Gasteiger partial charge in [0, 0.05) is 30.7 Å². The lowest BCUT2D eigenvalue weighted by molar-refractivity contribution is 0.159. The van der Waals surface area contributed by atoms with Gasteiger partial charge in [0.25, 0.3) is 5.56 Å². The zero-order valence-corrected chi connectivity index (χ0v) is 15.2. The molecular weight excluding hydrogens is 390 g/mol. The first-order valence-electron chi connectivity index (χ1n) is 7.77. The Labute approximate surface area is 152 Å². The molecule has 0 aliphatic carbocycles. The molecule has 25 heavy (non-hydrogen) atoms. The minimum Gasteiger partial charge on any atom is -0.493 e. The minimum atomic E-state index is -0.707. The van der Waals surface area contributed by atoms with Crippen molar-refractivity contribution >= 4 is 22.1 Å². The van der Waals surface area contributed by atoms with Gasteiger partial charge < -0.3 is 10.0 Å². The van der Waals surface area contributed by atoms with Crippen LogP contribution in [0.4, 0.5) is 0 Å². The number of benzene rings is 1. The van der Waals surface area contributed by atoms with Gasteiger partial charge >= 0.3 is 5.69 Å². The van der Waals surface area contributed by atoms with Gasteiger partial charge in [-0.15, -0.1) is 0 Å². The maximum atomic E-state index is 12.1. The normalized spacial score (nSPS) is 15.8. The second kappa shape index (κ2) is 7.24. The molecule has 2 aromatic rings. The molecule has 1 saturated heterocycles.